The summed E-state index contributed by atoms with van der Waals surface area (Å²) in [5, 5.41) is 10.9. The molecule has 1 saturated heterocycles. The maximum absolute atomic E-state index is 12.7. The molecule has 2 aromatic carbocycles. The molecule has 2 aromatic rings. The average molecular weight is 367 g/mol. The summed E-state index contributed by atoms with van der Waals surface area (Å²) in [7, 11) is 3.08. The molecule has 6 heteroatoms. The van der Waals surface area contributed by atoms with Gasteiger partial charge in [0.05, 0.1) is 25.3 Å². The second-order valence-corrected chi connectivity index (χ2v) is 6.12. The molecule has 0 aliphatic carbocycles. The van der Waals surface area contributed by atoms with Crippen LogP contribution in [0.4, 0.5) is 0 Å². The Balaban J connectivity index is 2.11. The number of hydrogen-bond acceptors (Lipinski definition) is 5. The highest BCUT2D eigenvalue weighted by atomic mass is 16.5. The second kappa shape index (κ2) is 8.05. The summed E-state index contributed by atoms with van der Waals surface area (Å²) >= 11 is 0. The Morgan fingerprint density at radius 2 is 1.70 bits per heavy atom. The van der Waals surface area contributed by atoms with E-state index in [4.69, 9.17) is 9.47 Å². The molecule has 0 bridgehead atoms. The first-order valence-corrected chi connectivity index (χ1v) is 8.55. The fraction of sp³-hybridized carbons (Fsp3) is 0.238. The maximum atomic E-state index is 12.7. The van der Waals surface area contributed by atoms with Crippen molar-refractivity contribution >= 4 is 17.4 Å². The van der Waals surface area contributed by atoms with Crippen molar-refractivity contribution < 1.29 is 24.2 Å². The van der Waals surface area contributed by atoms with E-state index in [1.54, 1.807) is 31.4 Å². The van der Waals surface area contributed by atoms with Crippen LogP contribution in [0.25, 0.3) is 5.76 Å². The third-order valence-corrected chi connectivity index (χ3v) is 4.56. The van der Waals surface area contributed by atoms with E-state index in [0.29, 0.717) is 17.9 Å². The molecular weight excluding hydrogens is 346 g/mol. The molecule has 140 valence electrons. The van der Waals surface area contributed by atoms with Gasteiger partial charge in [0.2, 0.25) is 0 Å². The van der Waals surface area contributed by atoms with Crippen molar-refractivity contribution in [1.29, 1.82) is 0 Å². The highest BCUT2D eigenvalue weighted by Gasteiger charge is 2.45. The highest BCUT2D eigenvalue weighted by Crippen LogP contribution is 2.39. The van der Waals surface area contributed by atoms with E-state index in [1.807, 2.05) is 30.3 Å². The van der Waals surface area contributed by atoms with E-state index in [9.17, 15) is 14.7 Å². The molecule has 1 amide bonds. The third kappa shape index (κ3) is 3.57. The van der Waals surface area contributed by atoms with E-state index < -0.39 is 17.7 Å². The van der Waals surface area contributed by atoms with Crippen LogP contribution in [-0.2, 0) is 14.3 Å². The number of aliphatic hydroxyl groups is 1. The molecule has 1 aliphatic rings. The van der Waals surface area contributed by atoms with Crippen LogP contribution in [0.5, 0.6) is 5.75 Å². The lowest BCUT2D eigenvalue weighted by Gasteiger charge is -2.25. The van der Waals surface area contributed by atoms with Gasteiger partial charge >= 0.3 is 0 Å². The number of carbonyl (C=O) groups excluding carboxylic acids is 2. The van der Waals surface area contributed by atoms with E-state index in [2.05, 4.69) is 0 Å². The zero-order valence-corrected chi connectivity index (χ0v) is 15.2. The van der Waals surface area contributed by atoms with Crippen LogP contribution in [0.1, 0.15) is 17.2 Å². The van der Waals surface area contributed by atoms with Crippen molar-refractivity contribution in [3.8, 4) is 5.75 Å². The molecule has 1 atom stereocenters. The largest absolute Gasteiger partial charge is 0.507 e. The number of aliphatic hydroxyl groups excluding tert-OH is 1. The lowest BCUT2D eigenvalue weighted by Crippen LogP contribution is -2.32. The summed E-state index contributed by atoms with van der Waals surface area (Å²) < 4.78 is 10.2. The van der Waals surface area contributed by atoms with E-state index >= 15 is 0 Å². The Bertz CT molecular complexity index is 858. The van der Waals surface area contributed by atoms with E-state index in [1.165, 1.54) is 12.0 Å². The first-order valence-electron chi connectivity index (χ1n) is 8.55. The molecule has 0 aromatic heterocycles. The van der Waals surface area contributed by atoms with Crippen LogP contribution < -0.4 is 4.74 Å². The quantitative estimate of drug-likeness (QED) is 0.483. The van der Waals surface area contributed by atoms with Crippen molar-refractivity contribution in [2.45, 2.75) is 6.04 Å². The molecular formula is C21H21NO5. The number of hydrogen-bond donors (Lipinski definition) is 1. The van der Waals surface area contributed by atoms with Gasteiger partial charge in [-0.3, -0.25) is 9.59 Å². The first kappa shape index (κ1) is 18.7. The number of carbonyl (C=O) groups is 2. The number of amides is 1. The Morgan fingerprint density at radius 1 is 1.04 bits per heavy atom. The second-order valence-electron chi connectivity index (χ2n) is 6.12. The van der Waals surface area contributed by atoms with Crippen LogP contribution in [0.3, 0.4) is 0 Å². The van der Waals surface area contributed by atoms with Crippen LogP contribution in [0.15, 0.2) is 60.2 Å². The Kier molecular flexibility index (Phi) is 5.57. The van der Waals surface area contributed by atoms with Gasteiger partial charge in [0.25, 0.3) is 11.7 Å². The SMILES string of the molecule is COCCN1C(=O)C(=O)/C(=C(/O)c2ccc(OC)cc2)C1c1ccccc1. The van der Waals surface area contributed by atoms with Gasteiger partial charge in [-0.2, -0.15) is 0 Å². The predicted molar refractivity (Wildman–Crippen MR) is 100 cm³/mol. The Morgan fingerprint density at radius 3 is 2.30 bits per heavy atom. The summed E-state index contributed by atoms with van der Waals surface area (Å²) in [5.74, 6) is -0.916. The number of likely N-dealkylation sites (tertiary alicyclic amines) is 1. The van der Waals surface area contributed by atoms with E-state index in [0.717, 1.165) is 5.56 Å². The number of ketones is 1. The molecule has 3 rings (SSSR count). The number of ether oxygens (including phenoxy) is 2. The van der Waals surface area contributed by atoms with Gasteiger partial charge in [0.15, 0.2) is 0 Å². The Labute approximate surface area is 157 Å². The van der Waals surface area contributed by atoms with Gasteiger partial charge in [-0.05, 0) is 29.8 Å². The van der Waals surface area contributed by atoms with Gasteiger partial charge in [-0.15, -0.1) is 0 Å². The Hall–Kier alpha value is -3.12. The number of rotatable bonds is 6. The van der Waals surface area contributed by atoms with Gasteiger partial charge < -0.3 is 19.5 Å². The zero-order valence-electron chi connectivity index (χ0n) is 15.2. The molecule has 1 fully saturated rings. The molecule has 1 N–H and O–H groups in total. The van der Waals surface area contributed by atoms with Crippen molar-refractivity contribution in [2.75, 3.05) is 27.4 Å². The van der Waals surface area contributed by atoms with Crippen molar-refractivity contribution in [2.24, 2.45) is 0 Å². The lowest BCUT2D eigenvalue weighted by atomic mass is 9.95. The molecule has 0 saturated carbocycles. The fourth-order valence-corrected chi connectivity index (χ4v) is 3.19. The lowest BCUT2D eigenvalue weighted by molar-refractivity contribution is -0.140. The molecule has 0 spiro atoms. The van der Waals surface area contributed by atoms with Crippen molar-refractivity contribution in [1.82, 2.24) is 4.90 Å². The minimum absolute atomic E-state index is 0.0764. The first-order chi connectivity index (χ1) is 13.1. The normalized spacial score (nSPS) is 18.7. The molecule has 27 heavy (non-hydrogen) atoms. The van der Waals surface area contributed by atoms with Crippen LogP contribution in [-0.4, -0.2) is 49.1 Å². The van der Waals surface area contributed by atoms with Gasteiger partial charge in [-0.25, -0.2) is 0 Å². The molecule has 6 nitrogen and oxygen atoms in total. The summed E-state index contributed by atoms with van der Waals surface area (Å²) in [4.78, 5) is 26.8. The number of Topliss-reactive ketones (excluding diaryl/α,β-unsaturated/α-hetero) is 1. The van der Waals surface area contributed by atoms with Crippen molar-refractivity contribution in [3.63, 3.8) is 0 Å². The van der Waals surface area contributed by atoms with Gasteiger partial charge in [0.1, 0.15) is 11.5 Å². The van der Waals surface area contributed by atoms with Crippen LogP contribution in [0, 0.1) is 0 Å². The van der Waals surface area contributed by atoms with Gasteiger partial charge in [0, 0.05) is 19.2 Å². The third-order valence-electron chi connectivity index (χ3n) is 4.56. The summed E-state index contributed by atoms with van der Waals surface area (Å²) in [6.45, 7) is 0.541. The number of benzene rings is 2. The zero-order chi connectivity index (χ0) is 19.4. The number of methoxy groups -OCH3 is 2. The van der Waals surface area contributed by atoms with Crippen molar-refractivity contribution in [3.05, 3.63) is 71.3 Å². The maximum Gasteiger partial charge on any atom is 0.295 e. The standard InChI is InChI=1S/C21H21NO5/c1-26-13-12-22-18(14-6-4-3-5-7-14)17(20(24)21(22)25)19(23)15-8-10-16(27-2)11-9-15/h3-11,18,23H,12-13H2,1-2H3/b19-17+. The van der Waals surface area contributed by atoms with Crippen LogP contribution >= 0.6 is 0 Å². The summed E-state index contributed by atoms with van der Waals surface area (Å²) in [6.07, 6.45) is 0. The smallest absolute Gasteiger partial charge is 0.295 e. The van der Waals surface area contributed by atoms with E-state index in [-0.39, 0.29) is 17.9 Å². The van der Waals surface area contributed by atoms with Crippen LogP contribution in [0.2, 0.25) is 0 Å². The monoisotopic (exact) mass is 367 g/mol. The molecule has 1 unspecified atom stereocenters. The summed E-state index contributed by atoms with van der Waals surface area (Å²) in [6, 6.07) is 15.2. The number of nitrogens with zero attached hydrogens (tertiary/aromatic N) is 1. The minimum atomic E-state index is -0.701. The van der Waals surface area contributed by atoms with Gasteiger partial charge in [-0.1, -0.05) is 30.3 Å². The molecule has 1 aliphatic heterocycles. The molecule has 0 radical (unpaired) electrons. The average Bonchev–Trinajstić information content (AvgIpc) is 2.97. The molecule has 1 heterocycles. The topological polar surface area (TPSA) is 76.1 Å². The highest BCUT2D eigenvalue weighted by molar-refractivity contribution is 6.46. The fourth-order valence-electron chi connectivity index (χ4n) is 3.19. The summed E-state index contributed by atoms with van der Waals surface area (Å²) in [5.41, 5.74) is 1.27. The predicted octanol–water partition coefficient (Wildman–Crippen LogP) is 2.76. The minimum Gasteiger partial charge on any atom is -0.507 e.